The van der Waals surface area contributed by atoms with Gasteiger partial charge < -0.3 is 4.74 Å². The van der Waals surface area contributed by atoms with E-state index in [0.717, 1.165) is 0 Å². The van der Waals surface area contributed by atoms with Crippen molar-refractivity contribution in [2.45, 2.75) is 20.0 Å². The van der Waals surface area contributed by atoms with Crippen LogP contribution < -0.4 is 4.74 Å². The third kappa shape index (κ3) is 3.30. The van der Waals surface area contributed by atoms with Gasteiger partial charge in [-0.2, -0.15) is 0 Å². The molecule has 1 rings (SSSR count). The number of carbonyl (C=O) groups excluding carboxylic acids is 1. The van der Waals surface area contributed by atoms with E-state index in [1.165, 1.54) is 12.1 Å². The molecule has 0 fully saturated rings. The molecule has 15 heavy (non-hydrogen) atoms. The molecule has 4 heteroatoms. The van der Waals surface area contributed by atoms with E-state index in [4.69, 9.17) is 4.74 Å². The van der Waals surface area contributed by atoms with Crippen LogP contribution in [0.1, 0.15) is 24.2 Å². The van der Waals surface area contributed by atoms with Gasteiger partial charge in [-0.05, 0) is 32.0 Å². The van der Waals surface area contributed by atoms with Crippen LogP contribution in [-0.4, -0.2) is 17.2 Å². The Kier molecular flexibility index (Phi) is 4.27. The zero-order chi connectivity index (χ0) is 11.4. The number of alkyl halides is 1. The molecule has 0 amide bonds. The van der Waals surface area contributed by atoms with Crippen molar-refractivity contribution in [3.05, 3.63) is 29.6 Å². The number of hydrogen-bond donors (Lipinski definition) is 0. The Hall–Kier alpha value is -0.900. The van der Waals surface area contributed by atoms with E-state index in [1.54, 1.807) is 6.07 Å². The van der Waals surface area contributed by atoms with Crippen LogP contribution in [0.3, 0.4) is 0 Å². The first kappa shape index (κ1) is 12.2. The zero-order valence-corrected chi connectivity index (χ0v) is 10.2. The lowest BCUT2D eigenvalue weighted by atomic mass is 10.1. The normalized spacial score (nSPS) is 10.5. The smallest absolute Gasteiger partial charge is 0.173 e. The standard InChI is InChI=1S/C11H12BrFO2/c1-7(2)15-11-4-3-8(5-9(11)13)10(14)6-12/h3-5,7H,6H2,1-2H3. The van der Waals surface area contributed by atoms with Crippen LogP contribution in [0.4, 0.5) is 4.39 Å². The Labute approximate surface area is 96.6 Å². The Morgan fingerprint density at radius 2 is 2.20 bits per heavy atom. The molecule has 82 valence electrons. The summed E-state index contributed by atoms with van der Waals surface area (Å²) in [6, 6.07) is 4.23. The van der Waals surface area contributed by atoms with E-state index in [9.17, 15) is 9.18 Å². The van der Waals surface area contributed by atoms with Crippen molar-refractivity contribution in [1.29, 1.82) is 0 Å². The van der Waals surface area contributed by atoms with Crippen LogP contribution in [-0.2, 0) is 0 Å². The highest BCUT2D eigenvalue weighted by Crippen LogP contribution is 2.20. The van der Waals surface area contributed by atoms with E-state index in [2.05, 4.69) is 15.9 Å². The number of rotatable bonds is 4. The monoisotopic (exact) mass is 274 g/mol. The van der Waals surface area contributed by atoms with Crippen molar-refractivity contribution >= 4 is 21.7 Å². The minimum Gasteiger partial charge on any atom is -0.488 e. The number of hydrogen-bond acceptors (Lipinski definition) is 2. The topological polar surface area (TPSA) is 26.3 Å². The summed E-state index contributed by atoms with van der Waals surface area (Å²) in [7, 11) is 0. The molecule has 2 nitrogen and oxygen atoms in total. The van der Waals surface area contributed by atoms with Crippen LogP contribution in [0.2, 0.25) is 0 Å². The molecule has 0 aliphatic carbocycles. The maximum atomic E-state index is 13.4. The highest BCUT2D eigenvalue weighted by Gasteiger charge is 2.10. The Balaban J connectivity index is 2.93. The van der Waals surface area contributed by atoms with Gasteiger partial charge in [-0.25, -0.2) is 4.39 Å². The highest BCUT2D eigenvalue weighted by molar-refractivity contribution is 9.09. The van der Waals surface area contributed by atoms with Gasteiger partial charge in [-0.1, -0.05) is 15.9 Å². The summed E-state index contributed by atoms with van der Waals surface area (Å²) >= 11 is 3.03. The summed E-state index contributed by atoms with van der Waals surface area (Å²) in [6.45, 7) is 3.63. The van der Waals surface area contributed by atoms with Crippen molar-refractivity contribution in [3.8, 4) is 5.75 Å². The summed E-state index contributed by atoms with van der Waals surface area (Å²) in [5.41, 5.74) is 0.348. The summed E-state index contributed by atoms with van der Waals surface area (Å²) in [5.74, 6) is -0.475. The minimum absolute atomic E-state index is 0.0859. The van der Waals surface area contributed by atoms with E-state index >= 15 is 0 Å². The predicted molar refractivity (Wildman–Crippen MR) is 60.3 cm³/mol. The van der Waals surface area contributed by atoms with Crippen LogP contribution in [0.5, 0.6) is 5.75 Å². The first-order valence-corrected chi connectivity index (χ1v) is 5.72. The molecule has 0 aliphatic rings. The average Bonchev–Trinajstić information content (AvgIpc) is 2.19. The molecule has 0 bridgehead atoms. The fourth-order valence-corrected chi connectivity index (χ4v) is 1.42. The molecule has 0 spiro atoms. The van der Waals surface area contributed by atoms with E-state index in [1.807, 2.05) is 13.8 Å². The van der Waals surface area contributed by atoms with Gasteiger partial charge in [0.2, 0.25) is 0 Å². The fourth-order valence-electron chi connectivity index (χ4n) is 1.10. The maximum absolute atomic E-state index is 13.4. The number of carbonyl (C=O) groups is 1. The molecule has 0 saturated heterocycles. The summed E-state index contributed by atoms with van der Waals surface area (Å²) in [6.07, 6.45) is -0.0859. The molecule has 0 unspecified atom stereocenters. The summed E-state index contributed by atoms with van der Waals surface area (Å²) in [5, 5.41) is 0.191. The van der Waals surface area contributed by atoms with Crippen molar-refractivity contribution < 1.29 is 13.9 Å². The van der Waals surface area contributed by atoms with E-state index < -0.39 is 5.82 Å². The first-order valence-electron chi connectivity index (χ1n) is 4.60. The summed E-state index contributed by atoms with van der Waals surface area (Å²) < 4.78 is 18.6. The van der Waals surface area contributed by atoms with Gasteiger partial charge in [0.1, 0.15) is 0 Å². The van der Waals surface area contributed by atoms with Gasteiger partial charge in [0.15, 0.2) is 17.3 Å². The SMILES string of the molecule is CC(C)Oc1ccc(C(=O)CBr)cc1F. The lowest BCUT2D eigenvalue weighted by Gasteiger charge is -2.10. The Bertz CT molecular complexity index is 364. The van der Waals surface area contributed by atoms with Crippen molar-refractivity contribution in [1.82, 2.24) is 0 Å². The zero-order valence-electron chi connectivity index (χ0n) is 8.59. The van der Waals surface area contributed by atoms with Gasteiger partial charge in [0.05, 0.1) is 11.4 Å². The summed E-state index contributed by atoms with van der Waals surface area (Å²) in [4.78, 5) is 11.2. The minimum atomic E-state index is -0.504. The van der Waals surface area contributed by atoms with Gasteiger partial charge in [0, 0.05) is 5.56 Å². The number of halogens is 2. The molecule has 1 aromatic carbocycles. The van der Waals surface area contributed by atoms with Crippen molar-refractivity contribution in [3.63, 3.8) is 0 Å². The van der Waals surface area contributed by atoms with Gasteiger partial charge in [-0.15, -0.1) is 0 Å². The predicted octanol–water partition coefficient (Wildman–Crippen LogP) is 3.19. The van der Waals surface area contributed by atoms with Crippen LogP contribution in [0.25, 0.3) is 0 Å². The average molecular weight is 275 g/mol. The maximum Gasteiger partial charge on any atom is 0.173 e. The lowest BCUT2D eigenvalue weighted by molar-refractivity contribution is 0.102. The largest absolute Gasteiger partial charge is 0.488 e. The third-order valence-electron chi connectivity index (χ3n) is 1.74. The third-order valence-corrected chi connectivity index (χ3v) is 2.25. The molecule has 1 aromatic rings. The number of ether oxygens (including phenoxy) is 1. The molecular weight excluding hydrogens is 263 g/mol. The second kappa shape index (κ2) is 5.26. The molecular formula is C11H12BrFO2. The number of benzene rings is 1. The van der Waals surface area contributed by atoms with Crippen LogP contribution >= 0.6 is 15.9 Å². The molecule has 0 heterocycles. The van der Waals surface area contributed by atoms with E-state index in [-0.39, 0.29) is 23.0 Å². The number of Topliss-reactive ketones (excluding diaryl/α,β-unsaturated/α-hetero) is 1. The van der Waals surface area contributed by atoms with Crippen molar-refractivity contribution in [2.24, 2.45) is 0 Å². The lowest BCUT2D eigenvalue weighted by Crippen LogP contribution is -2.08. The fraction of sp³-hybridized carbons (Fsp3) is 0.364. The molecule has 0 saturated carbocycles. The molecule has 0 radical (unpaired) electrons. The highest BCUT2D eigenvalue weighted by atomic mass is 79.9. The van der Waals surface area contributed by atoms with Gasteiger partial charge >= 0.3 is 0 Å². The Morgan fingerprint density at radius 1 is 1.53 bits per heavy atom. The quantitative estimate of drug-likeness (QED) is 0.623. The van der Waals surface area contributed by atoms with Crippen LogP contribution in [0.15, 0.2) is 18.2 Å². The van der Waals surface area contributed by atoms with Gasteiger partial charge in [-0.3, -0.25) is 4.79 Å². The Morgan fingerprint density at radius 3 is 2.67 bits per heavy atom. The second-order valence-corrected chi connectivity index (χ2v) is 3.93. The number of ketones is 1. The van der Waals surface area contributed by atoms with Crippen LogP contribution in [0, 0.1) is 5.82 Å². The van der Waals surface area contributed by atoms with Gasteiger partial charge in [0.25, 0.3) is 0 Å². The first-order chi connectivity index (χ1) is 7.04. The molecule has 0 aliphatic heterocycles. The second-order valence-electron chi connectivity index (χ2n) is 3.37. The molecule has 0 N–H and O–H groups in total. The van der Waals surface area contributed by atoms with E-state index in [0.29, 0.717) is 5.56 Å². The van der Waals surface area contributed by atoms with Crippen molar-refractivity contribution in [2.75, 3.05) is 5.33 Å². The molecule has 0 atom stereocenters. The molecule has 0 aromatic heterocycles.